The summed E-state index contributed by atoms with van der Waals surface area (Å²) in [4.78, 5) is 3.74. The predicted octanol–water partition coefficient (Wildman–Crippen LogP) is 2.76. The maximum absolute atomic E-state index is 6.17. The highest BCUT2D eigenvalue weighted by Gasteiger charge is 2.31. The first-order valence-corrected chi connectivity index (χ1v) is 7.55. The van der Waals surface area contributed by atoms with Crippen molar-refractivity contribution in [1.82, 2.24) is 4.90 Å². The fraction of sp³-hybridized carbons (Fsp3) is 0.692. The molecule has 2 heterocycles. The number of hydrogen-bond donors (Lipinski definition) is 1. The third kappa shape index (κ3) is 3.25. The smallest absolute Gasteiger partial charge is 0.0931 e. The highest BCUT2D eigenvalue weighted by Crippen LogP contribution is 2.35. The summed E-state index contributed by atoms with van der Waals surface area (Å²) in [6.45, 7) is 5.07. The summed E-state index contributed by atoms with van der Waals surface area (Å²) in [5.41, 5.74) is 6.17. The average molecular weight is 289 g/mol. The molecule has 3 nitrogen and oxygen atoms in total. The van der Waals surface area contributed by atoms with Crippen molar-refractivity contribution in [3.8, 4) is 0 Å². The predicted molar refractivity (Wildman–Crippen MR) is 77.3 cm³/mol. The van der Waals surface area contributed by atoms with Crippen LogP contribution in [0.3, 0.4) is 0 Å². The van der Waals surface area contributed by atoms with Crippen LogP contribution in [0, 0.1) is 5.92 Å². The molecule has 102 valence electrons. The van der Waals surface area contributed by atoms with Crippen LogP contribution in [-0.2, 0) is 4.74 Å². The van der Waals surface area contributed by atoms with Gasteiger partial charge in [-0.3, -0.25) is 4.90 Å². The number of hydrogen-bond acceptors (Lipinski definition) is 4. The largest absolute Gasteiger partial charge is 0.384 e. The molecule has 5 heteroatoms. The Labute approximate surface area is 118 Å². The Balaban J connectivity index is 2.07. The van der Waals surface area contributed by atoms with Crippen LogP contribution in [0.25, 0.3) is 0 Å². The summed E-state index contributed by atoms with van der Waals surface area (Å²) in [7, 11) is 1.77. The van der Waals surface area contributed by atoms with Crippen LogP contribution >= 0.6 is 22.9 Å². The lowest BCUT2D eigenvalue weighted by Crippen LogP contribution is -2.38. The SMILES string of the molecule is COCC1CCN(C(c2ccc(Cl)s2)C(C)N)C1. The summed E-state index contributed by atoms with van der Waals surface area (Å²) >= 11 is 7.67. The Morgan fingerprint density at radius 3 is 2.94 bits per heavy atom. The lowest BCUT2D eigenvalue weighted by atomic mass is 10.1. The minimum atomic E-state index is 0.112. The molecule has 1 aromatic heterocycles. The van der Waals surface area contributed by atoms with Gasteiger partial charge >= 0.3 is 0 Å². The van der Waals surface area contributed by atoms with Crippen molar-refractivity contribution >= 4 is 22.9 Å². The molecule has 0 aliphatic carbocycles. The van der Waals surface area contributed by atoms with Gasteiger partial charge < -0.3 is 10.5 Å². The van der Waals surface area contributed by atoms with Gasteiger partial charge in [0, 0.05) is 24.6 Å². The topological polar surface area (TPSA) is 38.5 Å². The van der Waals surface area contributed by atoms with Gasteiger partial charge in [-0.2, -0.15) is 0 Å². The van der Waals surface area contributed by atoms with E-state index < -0.39 is 0 Å². The van der Waals surface area contributed by atoms with Gasteiger partial charge in [0.25, 0.3) is 0 Å². The minimum absolute atomic E-state index is 0.112. The summed E-state index contributed by atoms with van der Waals surface area (Å²) < 4.78 is 6.08. The molecule has 0 aromatic carbocycles. The Bertz CT molecular complexity index is 383. The molecule has 2 N–H and O–H groups in total. The fourth-order valence-corrected chi connectivity index (χ4v) is 4.06. The maximum atomic E-state index is 6.17. The second kappa shape index (κ2) is 6.35. The normalized spacial score (nSPS) is 24.3. The molecule has 18 heavy (non-hydrogen) atoms. The zero-order chi connectivity index (χ0) is 13.1. The Morgan fingerprint density at radius 1 is 1.61 bits per heavy atom. The average Bonchev–Trinajstić information content (AvgIpc) is 2.90. The number of nitrogens with two attached hydrogens (primary N) is 1. The van der Waals surface area contributed by atoms with E-state index in [9.17, 15) is 0 Å². The number of likely N-dealkylation sites (tertiary alicyclic amines) is 1. The van der Waals surface area contributed by atoms with Crippen molar-refractivity contribution in [2.45, 2.75) is 25.4 Å². The van der Waals surface area contributed by atoms with Crippen molar-refractivity contribution in [3.05, 3.63) is 21.3 Å². The van der Waals surface area contributed by atoms with Crippen LogP contribution in [0.15, 0.2) is 12.1 Å². The number of nitrogens with zero attached hydrogens (tertiary/aromatic N) is 1. The lowest BCUT2D eigenvalue weighted by molar-refractivity contribution is 0.144. The van der Waals surface area contributed by atoms with E-state index in [0.717, 1.165) is 24.0 Å². The van der Waals surface area contributed by atoms with Crippen molar-refractivity contribution in [2.75, 3.05) is 26.8 Å². The zero-order valence-corrected chi connectivity index (χ0v) is 12.5. The van der Waals surface area contributed by atoms with Crippen LogP contribution in [0.1, 0.15) is 24.3 Å². The van der Waals surface area contributed by atoms with Gasteiger partial charge in [0.05, 0.1) is 17.0 Å². The molecule has 0 amide bonds. The third-order valence-corrected chi connectivity index (χ3v) is 4.80. The van der Waals surface area contributed by atoms with Crippen LogP contribution in [0.5, 0.6) is 0 Å². The summed E-state index contributed by atoms with van der Waals surface area (Å²) in [6.07, 6.45) is 1.19. The lowest BCUT2D eigenvalue weighted by Gasteiger charge is -2.30. The number of thiophene rings is 1. The van der Waals surface area contributed by atoms with E-state index in [1.165, 1.54) is 11.3 Å². The first-order chi connectivity index (χ1) is 8.61. The number of halogens is 1. The van der Waals surface area contributed by atoms with Gasteiger partial charge in [0.15, 0.2) is 0 Å². The van der Waals surface area contributed by atoms with Crippen LogP contribution < -0.4 is 5.73 Å². The summed E-state index contributed by atoms with van der Waals surface area (Å²) in [6, 6.07) is 4.45. The van der Waals surface area contributed by atoms with E-state index in [0.29, 0.717) is 5.92 Å². The number of ether oxygens (including phenoxy) is 1. The number of rotatable bonds is 5. The molecule has 0 bridgehead atoms. The van der Waals surface area contributed by atoms with Gasteiger partial charge in [0.2, 0.25) is 0 Å². The quantitative estimate of drug-likeness (QED) is 0.905. The van der Waals surface area contributed by atoms with Gasteiger partial charge in [-0.05, 0) is 37.9 Å². The molecule has 0 radical (unpaired) electrons. The zero-order valence-electron chi connectivity index (χ0n) is 10.9. The minimum Gasteiger partial charge on any atom is -0.384 e. The Morgan fingerprint density at radius 2 is 2.39 bits per heavy atom. The Hall–Kier alpha value is -0.130. The standard InChI is InChI=1S/C13H21ClN2OS/c1-9(15)13(11-3-4-12(14)18-11)16-6-5-10(7-16)8-17-2/h3-4,9-10,13H,5-8,15H2,1-2H3. The van der Waals surface area contributed by atoms with Crippen molar-refractivity contribution in [2.24, 2.45) is 11.7 Å². The van der Waals surface area contributed by atoms with Crippen molar-refractivity contribution in [3.63, 3.8) is 0 Å². The molecule has 1 saturated heterocycles. The maximum Gasteiger partial charge on any atom is 0.0931 e. The van der Waals surface area contributed by atoms with Crippen LogP contribution in [0.4, 0.5) is 0 Å². The molecule has 1 aromatic rings. The van der Waals surface area contributed by atoms with E-state index in [4.69, 9.17) is 22.1 Å². The third-order valence-electron chi connectivity index (χ3n) is 3.50. The molecule has 1 fully saturated rings. The van der Waals surface area contributed by atoms with Crippen molar-refractivity contribution in [1.29, 1.82) is 0 Å². The van der Waals surface area contributed by atoms with E-state index >= 15 is 0 Å². The molecule has 1 aliphatic rings. The van der Waals surface area contributed by atoms with Crippen molar-refractivity contribution < 1.29 is 4.74 Å². The first-order valence-electron chi connectivity index (χ1n) is 6.35. The molecule has 3 unspecified atom stereocenters. The first kappa shape index (κ1) is 14.3. The molecule has 1 aliphatic heterocycles. The molecule has 0 spiro atoms. The van der Waals surface area contributed by atoms with E-state index in [-0.39, 0.29) is 12.1 Å². The van der Waals surface area contributed by atoms with Gasteiger partial charge in [-0.1, -0.05) is 11.6 Å². The molecular formula is C13H21ClN2OS. The highest BCUT2D eigenvalue weighted by atomic mass is 35.5. The highest BCUT2D eigenvalue weighted by molar-refractivity contribution is 7.16. The van der Waals surface area contributed by atoms with Gasteiger partial charge in [-0.25, -0.2) is 0 Å². The van der Waals surface area contributed by atoms with Crippen LogP contribution in [-0.4, -0.2) is 37.7 Å². The summed E-state index contributed by atoms with van der Waals surface area (Å²) in [5, 5.41) is 0. The van der Waals surface area contributed by atoms with Gasteiger partial charge in [0.1, 0.15) is 0 Å². The second-order valence-electron chi connectivity index (χ2n) is 5.05. The van der Waals surface area contributed by atoms with Crippen LogP contribution in [0.2, 0.25) is 4.34 Å². The van der Waals surface area contributed by atoms with Gasteiger partial charge in [-0.15, -0.1) is 11.3 Å². The van der Waals surface area contributed by atoms with E-state index in [1.807, 2.05) is 6.07 Å². The fourth-order valence-electron chi connectivity index (χ4n) is 2.75. The Kier molecular flexibility index (Phi) is 5.04. The summed E-state index contributed by atoms with van der Waals surface area (Å²) in [5.74, 6) is 0.631. The molecule has 0 saturated carbocycles. The second-order valence-corrected chi connectivity index (χ2v) is 6.80. The van der Waals surface area contributed by atoms with E-state index in [2.05, 4.69) is 17.9 Å². The molecule has 2 rings (SSSR count). The number of methoxy groups -OCH3 is 1. The monoisotopic (exact) mass is 288 g/mol. The molecular weight excluding hydrogens is 268 g/mol. The van der Waals surface area contributed by atoms with E-state index in [1.54, 1.807) is 18.4 Å². The molecule has 3 atom stereocenters.